The van der Waals surface area contributed by atoms with Gasteiger partial charge in [-0.3, -0.25) is 0 Å². The first kappa shape index (κ1) is 26.2. The third-order valence-corrected chi connectivity index (χ3v) is 7.25. The number of carbonyl (C=O) groups is 2. The number of nitrogens with one attached hydrogen (secondary N) is 2. The predicted molar refractivity (Wildman–Crippen MR) is 143 cm³/mol. The maximum absolute atomic E-state index is 13.1. The van der Waals surface area contributed by atoms with Crippen LogP contribution in [-0.4, -0.2) is 47.9 Å². The molecule has 1 unspecified atom stereocenters. The Hall–Kier alpha value is -2.86. The molecule has 3 aromatic rings. The smallest absolute Gasteiger partial charge is 0.497 e. The van der Waals surface area contributed by atoms with Crippen molar-refractivity contribution in [2.45, 2.75) is 24.2 Å². The van der Waals surface area contributed by atoms with Crippen molar-refractivity contribution in [3.8, 4) is 11.5 Å². The number of hydrogen-bond donors (Lipinski definition) is 2. The minimum atomic E-state index is -0.401. The SMILES string of the molecule is COc1cc(NC(=O)Nc2ccc3c(c2)CN(C(=O)C([As])Cc2ccc(Cl)cc2Cl)C3)cc(OC)c1. The number of hydrogen-bond acceptors (Lipinski definition) is 4. The van der Waals surface area contributed by atoms with Gasteiger partial charge in [-0.05, 0) is 0 Å². The number of rotatable bonds is 7. The minimum Gasteiger partial charge on any atom is -0.497 e. The van der Waals surface area contributed by atoms with Crippen molar-refractivity contribution in [3.05, 3.63) is 81.3 Å². The number of halogens is 2. The molecule has 0 aromatic heterocycles. The maximum atomic E-state index is 13.1. The monoisotopic (exact) mass is 587 g/mol. The zero-order valence-electron chi connectivity index (χ0n) is 19.7. The summed E-state index contributed by atoms with van der Waals surface area (Å²) in [7, 11) is 3.09. The second kappa shape index (κ2) is 11.5. The van der Waals surface area contributed by atoms with Gasteiger partial charge in [0.05, 0.1) is 14.2 Å². The van der Waals surface area contributed by atoms with E-state index < -0.39 is 6.03 Å². The first-order valence-electron chi connectivity index (χ1n) is 11.1. The summed E-state index contributed by atoms with van der Waals surface area (Å²) in [4.78, 5) is 27.5. The molecule has 1 aliphatic heterocycles. The van der Waals surface area contributed by atoms with Crippen molar-refractivity contribution in [2.75, 3.05) is 24.9 Å². The van der Waals surface area contributed by atoms with Crippen molar-refractivity contribution in [2.24, 2.45) is 0 Å². The summed E-state index contributed by atoms with van der Waals surface area (Å²) in [5.74, 6) is 1.16. The fourth-order valence-corrected chi connectivity index (χ4v) is 5.24. The van der Waals surface area contributed by atoms with Gasteiger partial charge in [-0.2, -0.15) is 0 Å². The fraction of sp³-hybridized carbons (Fsp3) is 0.231. The molecular weight excluding hydrogens is 564 g/mol. The molecule has 1 heterocycles. The van der Waals surface area contributed by atoms with Crippen LogP contribution >= 0.6 is 23.2 Å². The Balaban J connectivity index is 1.37. The van der Waals surface area contributed by atoms with E-state index in [0.717, 1.165) is 16.7 Å². The molecule has 1 atom stereocenters. The summed E-state index contributed by atoms with van der Waals surface area (Å²) < 4.78 is 10.2. The number of fused-ring (bicyclic) bond motifs is 1. The molecule has 7 nitrogen and oxygen atoms in total. The Morgan fingerprint density at radius 2 is 1.58 bits per heavy atom. The molecule has 3 aromatic carbocycles. The number of carbonyl (C=O) groups excluding carboxylic acids is 2. The van der Waals surface area contributed by atoms with Crippen LogP contribution in [0.1, 0.15) is 16.7 Å². The van der Waals surface area contributed by atoms with E-state index in [-0.39, 0.29) is 10.6 Å². The number of methoxy groups -OCH3 is 2. The van der Waals surface area contributed by atoms with Gasteiger partial charge >= 0.3 is 188 Å². The Morgan fingerprint density at radius 1 is 0.917 bits per heavy atom. The summed E-state index contributed by atoms with van der Waals surface area (Å²) in [5.41, 5.74) is 4.09. The van der Waals surface area contributed by atoms with E-state index >= 15 is 0 Å². The average molecular weight is 588 g/mol. The second-order valence-electron chi connectivity index (χ2n) is 8.31. The Bertz CT molecular complexity index is 1280. The van der Waals surface area contributed by atoms with Crippen molar-refractivity contribution in [3.63, 3.8) is 0 Å². The number of nitrogens with zero attached hydrogens (tertiary/aromatic N) is 1. The molecule has 0 bridgehead atoms. The van der Waals surface area contributed by atoms with Gasteiger partial charge < -0.3 is 9.47 Å². The molecule has 0 saturated heterocycles. The van der Waals surface area contributed by atoms with Crippen molar-refractivity contribution >= 4 is 63.4 Å². The first-order valence-corrected chi connectivity index (χ1v) is 12.9. The summed E-state index contributed by atoms with van der Waals surface area (Å²) in [6, 6.07) is 15.7. The molecule has 4 rings (SSSR count). The molecule has 3 amide bonds. The zero-order chi connectivity index (χ0) is 25.8. The molecule has 1 aliphatic rings. The zero-order valence-corrected chi connectivity index (χ0v) is 23.1. The van der Waals surface area contributed by atoms with E-state index in [1.165, 1.54) is 0 Å². The van der Waals surface area contributed by atoms with Crippen molar-refractivity contribution in [1.29, 1.82) is 0 Å². The van der Waals surface area contributed by atoms with E-state index in [1.54, 1.807) is 44.6 Å². The van der Waals surface area contributed by atoms with Gasteiger partial charge in [0.15, 0.2) is 0 Å². The van der Waals surface area contributed by atoms with Gasteiger partial charge in [-0.25, -0.2) is 0 Å². The Kier molecular flexibility index (Phi) is 8.35. The van der Waals surface area contributed by atoms with Crippen LogP contribution in [0.25, 0.3) is 0 Å². The molecular formula is C26H24AsCl2N3O4. The van der Waals surface area contributed by atoms with Crippen LogP contribution in [0.4, 0.5) is 16.2 Å². The summed E-state index contributed by atoms with van der Waals surface area (Å²) in [6.07, 6.45) is 0.504. The molecule has 0 aliphatic carbocycles. The minimum absolute atomic E-state index is 0.0245. The van der Waals surface area contributed by atoms with Crippen LogP contribution < -0.4 is 20.1 Å². The van der Waals surface area contributed by atoms with Gasteiger partial charge in [-0.15, -0.1) is 0 Å². The van der Waals surface area contributed by atoms with Gasteiger partial charge in [-0.1, -0.05) is 0 Å². The third kappa shape index (κ3) is 6.27. The predicted octanol–water partition coefficient (Wildman–Crippen LogP) is 5.70. The van der Waals surface area contributed by atoms with Gasteiger partial charge in [0, 0.05) is 6.07 Å². The fourth-order valence-electron chi connectivity index (χ4n) is 3.99. The number of anilines is 2. The van der Waals surface area contributed by atoms with E-state index in [4.69, 9.17) is 32.7 Å². The van der Waals surface area contributed by atoms with Gasteiger partial charge in [0.2, 0.25) is 0 Å². The van der Waals surface area contributed by atoms with Crippen LogP contribution in [0.5, 0.6) is 11.5 Å². The molecule has 0 spiro atoms. The summed E-state index contributed by atoms with van der Waals surface area (Å²) in [6.45, 7) is 0.994. The van der Waals surface area contributed by atoms with Crippen LogP contribution in [0, 0.1) is 0 Å². The molecule has 186 valence electrons. The van der Waals surface area contributed by atoms with Crippen LogP contribution in [-0.2, 0) is 24.3 Å². The third-order valence-electron chi connectivity index (χ3n) is 5.82. The summed E-state index contributed by atoms with van der Waals surface area (Å²) >= 11 is 14.7. The van der Waals surface area contributed by atoms with E-state index in [9.17, 15) is 9.59 Å². The topological polar surface area (TPSA) is 79.9 Å². The first-order chi connectivity index (χ1) is 17.2. The average Bonchev–Trinajstić information content (AvgIpc) is 3.28. The second-order valence-corrected chi connectivity index (χ2v) is 10.5. The van der Waals surface area contributed by atoms with Crippen LogP contribution in [0.2, 0.25) is 14.8 Å². The molecule has 0 fully saturated rings. The summed E-state index contributed by atoms with van der Waals surface area (Å²) in [5, 5.41) is 6.74. The van der Waals surface area contributed by atoms with Crippen molar-refractivity contribution in [1.82, 2.24) is 4.90 Å². The van der Waals surface area contributed by atoms with E-state index in [1.807, 2.05) is 29.2 Å². The van der Waals surface area contributed by atoms with E-state index in [0.29, 0.717) is 52.4 Å². The Labute approximate surface area is 228 Å². The molecule has 10 heteroatoms. The number of urea groups is 1. The van der Waals surface area contributed by atoms with E-state index in [2.05, 4.69) is 27.5 Å². The molecule has 36 heavy (non-hydrogen) atoms. The van der Waals surface area contributed by atoms with Gasteiger partial charge in [0.25, 0.3) is 0 Å². The number of ether oxygens (including phenoxy) is 2. The quantitative estimate of drug-likeness (QED) is 0.348. The standard InChI is InChI=1S/C26H24AsCl2N3O4/c1-35-21-10-20(11-22(12-21)36-2)31-26(34)30-19-6-4-16-13-32(14-17(16)7-19)25(33)23(27)8-15-3-5-18(28)9-24(15)29/h3-7,9-12,23H,8,13-14H2,1-2H3,(H2,30,31,34). The van der Waals surface area contributed by atoms with Crippen LogP contribution in [0.15, 0.2) is 54.6 Å². The number of benzene rings is 3. The van der Waals surface area contributed by atoms with Crippen LogP contribution in [0.3, 0.4) is 0 Å². The normalized spacial score (nSPS) is 13.1. The molecule has 0 saturated carbocycles. The number of amides is 3. The molecule has 2 N–H and O–H groups in total. The van der Waals surface area contributed by atoms with Crippen molar-refractivity contribution < 1.29 is 19.1 Å². The Morgan fingerprint density at radius 3 is 2.25 bits per heavy atom. The van der Waals surface area contributed by atoms with Gasteiger partial charge in [0.1, 0.15) is 11.5 Å². The molecule has 2 radical (unpaired) electrons.